The first-order chi connectivity index (χ1) is 7.28. The highest BCUT2D eigenvalue weighted by atomic mass is 16.6. The van der Waals surface area contributed by atoms with Crippen LogP contribution in [0.15, 0.2) is 4.99 Å². The van der Waals surface area contributed by atoms with Crippen molar-refractivity contribution in [1.82, 2.24) is 0 Å². The molecule has 1 amide bonds. The molecule has 0 radical (unpaired) electrons. The van der Waals surface area contributed by atoms with Gasteiger partial charge >= 0.3 is 12.1 Å². The van der Waals surface area contributed by atoms with E-state index in [0.29, 0.717) is 25.0 Å². The van der Waals surface area contributed by atoms with Crippen molar-refractivity contribution < 1.29 is 19.4 Å². The number of carbonyl (C=O) groups is 2. The predicted octanol–water partition coefficient (Wildman–Crippen LogP) is 2.25. The van der Waals surface area contributed by atoms with E-state index in [1.807, 2.05) is 0 Å². The Morgan fingerprint density at radius 3 is 2.50 bits per heavy atom. The summed E-state index contributed by atoms with van der Waals surface area (Å²) in [5.74, 6) is -1.23. The van der Waals surface area contributed by atoms with Crippen LogP contribution in [0.5, 0.6) is 0 Å². The number of rotatable bonds is 1. The van der Waals surface area contributed by atoms with Crippen molar-refractivity contribution in [3.63, 3.8) is 0 Å². The van der Waals surface area contributed by atoms with Crippen molar-refractivity contribution in [2.24, 2.45) is 10.9 Å². The molecule has 90 valence electrons. The van der Waals surface area contributed by atoms with Gasteiger partial charge in [-0.2, -0.15) is 4.99 Å². The Hall–Kier alpha value is -1.39. The number of aliphatic carboxylic acids is 1. The lowest BCUT2D eigenvalue weighted by molar-refractivity contribution is -0.141. The van der Waals surface area contributed by atoms with Gasteiger partial charge in [-0.15, -0.1) is 0 Å². The van der Waals surface area contributed by atoms with Crippen molar-refractivity contribution in [3.05, 3.63) is 0 Å². The van der Waals surface area contributed by atoms with Gasteiger partial charge in [-0.1, -0.05) is 0 Å². The number of hydrogen-bond acceptors (Lipinski definition) is 3. The minimum Gasteiger partial charge on any atom is -0.481 e. The van der Waals surface area contributed by atoms with Crippen LogP contribution >= 0.6 is 0 Å². The van der Waals surface area contributed by atoms with Gasteiger partial charge in [0.1, 0.15) is 5.60 Å². The normalized spacial score (nSPS) is 23.4. The van der Waals surface area contributed by atoms with Crippen molar-refractivity contribution in [1.29, 1.82) is 0 Å². The zero-order valence-corrected chi connectivity index (χ0v) is 9.82. The van der Waals surface area contributed by atoms with Gasteiger partial charge in [0, 0.05) is 5.71 Å². The van der Waals surface area contributed by atoms with Gasteiger partial charge in [-0.3, -0.25) is 4.79 Å². The highest BCUT2D eigenvalue weighted by molar-refractivity contribution is 5.97. The highest BCUT2D eigenvalue weighted by Crippen LogP contribution is 2.23. The number of nitrogens with zero attached hydrogens (tertiary/aromatic N) is 1. The van der Waals surface area contributed by atoms with Gasteiger partial charge in [0.05, 0.1) is 5.92 Å². The molecule has 1 fully saturated rings. The SMILES string of the molecule is CC(C)(C)OC(=O)/N=C1\CC[C@H](C(=O)O)C1. The monoisotopic (exact) mass is 227 g/mol. The molecule has 1 rings (SSSR count). The molecule has 0 spiro atoms. The molecule has 16 heavy (non-hydrogen) atoms. The first-order valence-electron chi connectivity index (χ1n) is 5.30. The summed E-state index contributed by atoms with van der Waals surface area (Å²) in [6.07, 6.45) is 0.843. The minimum atomic E-state index is -0.825. The van der Waals surface area contributed by atoms with Crippen LogP contribution in [-0.2, 0) is 9.53 Å². The molecule has 5 heteroatoms. The molecule has 0 bridgehead atoms. The fourth-order valence-electron chi connectivity index (χ4n) is 1.56. The van der Waals surface area contributed by atoms with E-state index >= 15 is 0 Å². The third-order valence-electron chi connectivity index (χ3n) is 2.26. The second-order valence-corrected chi connectivity index (χ2v) is 4.94. The van der Waals surface area contributed by atoms with Crippen LogP contribution in [0.2, 0.25) is 0 Å². The Kier molecular flexibility index (Phi) is 3.67. The largest absolute Gasteiger partial charge is 0.481 e. The molecule has 1 N–H and O–H groups in total. The molecular formula is C11H17NO4. The van der Waals surface area contributed by atoms with E-state index in [0.717, 1.165) is 0 Å². The highest BCUT2D eigenvalue weighted by Gasteiger charge is 2.27. The van der Waals surface area contributed by atoms with Gasteiger partial charge in [0.2, 0.25) is 0 Å². The van der Waals surface area contributed by atoms with Crippen LogP contribution in [0.1, 0.15) is 40.0 Å². The summed E-state index contributed by atoms with van der Waals surface area (Å²) >= 11 is 0. The van der Waals surface area contributed by atoms with Crippen molar-refractivity contribution in [2.75, 3.05) is 0 Å². The summed E-state index contributed by atoms with van der Waals surface area (Å²) in [5.41, 5.74) is 0.0630. The number of carboxylic acid groups (broad SMARTS) is 1. The first kappa shape index (κ1) is 12.7. The van der Waals surface area contributed by atoms with E-state index in [4.69, 9.17) is 9.84 Å². The average Bonchev–Trinajstić information content (AvgIpc) is 2.48. The molecule has 0 unspecified atom stereocenters. The zero-order valence-electron chi connectivity index (χ0n) is 9.82. The molecule has 1 saturated carbocycles. The first-order valence-corrected chi connectivity index (χ1v) is 5.30. The molecule has 0 saturated heterocycles. The van der Waals surface area contributed by atoms with Crippen molar-refractivity contribution in [3.8, 4) is 0 Å². The minimum absolute atomic E-state index is 0.356. The lowest BCUT2D eigenvalue weighted by atomic mass is 10.1. The van der Waals surface area contributed by atoms with Crippen LogP contribution in [0.3, 0.4) is 0 Å². The van der Waals surface area contributed by atoms with Crippen LogP contribution in [-0.4, -0.2) is 28.5 Å². The summed E-state index contributed by atoms with van der Waals surface area (Å²) in [7, 11) is 0. The summed E-state index contributed by atoms with van der Waals surface area (Å²) < 4.78 is 5.02. The summed E-state index contributed by atoms with van der Waals surface area (Å²) in [4.78, 5) is 25.8. The van der Waals surface area contributed by atoms with Crippen LogP contribution in [0.25, 0.3) is 0 Å². The van der Waals surface area contributed by atoms with E-state index in [1.165, 1.54) is 0 Å². The predicted molar refractivity (Wildman–Crippen MR) is 58.6 cm³/mol. The molecular weight excluding hydrogens is 210 g/mol. The second-order valence-electron chi connectivity index (χ2n) is 4.94. The van der Waals surface area contributed by atoms with Crippen LogP contribution in [0.4, 0.5) is 4.79 Å². The maximum Gasteiger partial charge on any atom is 0.434 e. The zero-order chi connectivity index (χ0) is 12.3. The third kappa shape index (κ3) is 4.00. The van der Waals surface area contributed by atoms with Crippen LogP contribution < -0.4 is 0 Å². The second kappa shape index (κ2) is 4.63. The number of carbonyl (C=O) groups excluding carboxylic acids is 1. The lowest BCUT2D eigenvalue weighted by Gasteiger charge is -2.17. The topological polar surface area (TPSA) is 76.0 Å². The lowest BCUT2D eigenvalue weighted by Crippen LogP contribution is -2.22. The fraction of sp³-hybridized carbons (Fsp3) is 0.727. The number of hydrogen-bond donors (Lipinski definition) is 1. The van der Waals surface area contributed by atoms with Gasteiger partial charge in [0.15, 0.2) is 0 Å². The van der Waals surface area contributed by atoms with E-state index in [-0.39, 0.29) is 0 Å². The molecule has 0 aromatic carbocycles. The summed E-state index contributed by atoms with van der Waals surface area (Å²) in [5, 5.41) is 8.78. The Labute approximate surface area is 94.5 Å². The molecule has 1 aliphatic rings. The summed E-state index contributed by atoms with van der Waals surface area (Å²) in [6, 6.07) is 0. The number of amides is 1. The van der Waals surface area contributed by atoms with E-state index in [9.17, 15) is 9.59 Å². The van der Waals surface area contributed by atoms with Gasteiger partial charge in [0.25, 0.3) is 0 Å². The van der Waals surface area contributed by atoms with E-state index in [2.05, 4.69) is 4.99 Å². The Morgan fingerprint density at radius 1 is 1.44 bits per heavy atom. The quantitative estimate of drug-likeness (QED) is 0.745. The molecule has 0 aromatic heterocycles. The molecule has 5 nitrogen and oxygen atoms in total. The average molecular weight is 227 g/mol. The van der Waals surface area contributed by atoms with E-state index < -0.39 is 23.6 Å². The maximum atomic E-state index is 11.3. The Bertz CT molecular complexity index is 327. The smallest absolute Gasteiger partial charge is 0.434 e. The standard InChI is InChI=1S/C11H17NO4/c1-11(2,3)16-10(15)12-8-5-4-7(6-8)9(13)14/h7H,4-6H2,1-3H3,(H,13,14)/b12-8+/t7-/m0/s1. The Morgan fingerprint density at radius 2 is 2.06 bits per heavy atom. The van der Waals surface area contributed by atoms with Gasteiger partial charge in [-0.05, 0) is 40.0 Å². The molecule has 0 aromatic rings. The molecule has 1 atom stereocenters. The summed E-state index contributed by atoms with van der Waals surface area (Å²) in [6.45, 7) is 5.29. The number of carboxylic acids is 1. The van der Waals surface area contributed by atoms with Crippen molar-refractivity contribution >= 4 is 17.8 Å². The Balaban J connectivity index is 2.53. The van der Waals surface area contributed by atoms with Gasteiger partial charge < -0.3 is 9.84 Å². The number of ether oxygens (including phenoxy) is 1. The molecule has 0 heterocycles. The van der Waals surface area contributed by atoms with Gasteiger partial charge in [-0.25, -0.2) is 4.79 Å². The van der Waals surface area contributed by atoms with Crippen molar-refractivity contribution in [2.45, 2.75) is 45.6 Å². The number of aliphatic imine (C=N–C) groups is 1. The molecule has 1 aliphatic carbocycles. The maximum absolute atomic E-state index is 11.3. The van der Waals surface area contributed by atoms with Crippen LogP contribution in [0, 0.1) is 5.92 Å². The van der Waals surface area contributed by atoms with E-state index in [1.54, 1.807) is 20.8 Å². The molecule has 0 aliphatic heterocycles. The third-order valence-corrected chi connectivity index (χ3v) is 2.26. The fourth-order valence-corrected chi connectivity index (χ4v) is 1.56.